The fourth-order valence-corrected chi connectivity index (χ4v) is 2.48. The van der Waals surface area contributed by atoms with Gasteiger partial charge in [-0.15, -0.1) is 0 Å². The molecule has 0 aliphatic rings. The molecule has 8 nitrogen and oxygen atoms in total. The molecule has 0 saturated carbocycles. The number of amides is 2. The number of rotatable bonds is 7. The lowest BCUT2D eigenvalue weighted by Gasteiger charge is -2.14. The van der Waals surface area contributed by atoms with Crippen molar-refractivity contribution >= 4 is 28.9 Å². The summed E-state index contributed by atoms with van der Waals surface area (Å²) >= 11 is 0. The predicted molar refractivity (Wildman–Crippen MR) is 98.1 cm³/mol. The maximum absolute atomic E-state index is 13.1. The Morgan fingerprint density at radius 2 is 1.78 bits per heavy atom. The standard InChI is InChI=1S/C18H19FN4O4/c1-12-8-15(23(26)27)6-7-16(12)21-18(25)11-22(2)10-17(24)20-14-5-3-4-13(19)9-14/h3-9H,10-11H2,1-2H3,(H,20,24)(H,21,25)/p+1. The summed E-state index contributed by atoms with van der Waals surface area (Å²) in [6, 6.07) is 9.69. The molecule has 0 aromatic heterocycles. The second-order valence-corrected chi connectivity index (χ2v) is 6.17. The van der Waals surface area contributed by atoms with E-state index in [0.29, 0.717) is 21.8 Å². The number of hydrogen-bond acceptors (Lipinski definition) is 4. The van der Waals surface area contributed by atoms with Crippen LogP contribution in [0.15, 0.2) is 42.5 Å². The van der Waals surface area contributed by atoms with Crippen LogP contribution >= 0.6 is 0 Å². The largest absolute Gasteiger partial charge is 0.322 e. The van der Waals surface area contributed by atoms with Crippen molar-refractivity contribution in [3.63, 3.8) is 0 Å². The van der Waals surface area contributed by atoms with Crippen molar-refractivity contribution in [2.75, 3.05) is 30.8 Å². The number of hydrogen-bond donors (Lipinski definition) is 3. The summed E-state index contributed by atoms with van der Waals surface area (Å²) in [5.41, 5.74) is 1.34. The van der Waals surface area contributed by atoms with E-state index in [2.05, 4.69) is 10.6 Å². The molecule has 2 rings (SSSR count). The summed E-state index contributed by atoms with van der Waals surface area (Å²) in [5.74, 6) is -1.13. The van der Waals surface area contributed by atoms with E-state index in [0.717, 1.165) is 0 Å². The molecule has 9 heteroatoms. The Morgan fingerprint density at radius 3 is 2.37 bits per heavy atom. The quantitative estimate of drug-likeness (QED) is 0.498. The summed E-state index contributed by atoms with van der Waals surface area (Å²) in [5, 5.41) is 16.0. The predicted octanol–water partition coefficient (Wildman–Crippen LogP) is 1.13. The molecule has 3 N–H and O–H groups in total. The summed E-state index contributed by atoms with van der Waals surface area (Å²) in [6.45, 7) is 1.70. The van der Waals surface area contributed by atoms with Gasteiger partial charge >= 0.3 is 0 Å². The smallest absolute Gasteiger partial charge is 0.279 e. The Balaban J connectivity index is 1.86. The zero-order chi connectivity index (χ0) is 20.0. The Kier molecular flexibility index (Phi) is 6.56. The van der Waals surface area contributed by atoms with Gasteiger partial charge < -0.3 is 15.5 Å². The zero-order valence-electron chi connectivity index (χ0n) is 14.9. The summed E-state index contributed by atoms with van der Waals surface area (Å²) in [6.07, 6.45) is 0. The van der Waals surface area contributed by atoms with Crippen LogP contribution in [0.1, 0.15) is 5.56 Å². The monoisotopic (exact) mass is 375 g/mol. The van der Waals surface area contributed by atoms with Gasteiger partial charge in [-0.05, 0) is 36.8 Å². The van der Waals surface area contributed by atoms with Gasteiger partial charge in [0.2, 0.25) is 0 Å². The molecule has 0 heterocycles. The number of anilines is 2. The van der Waals surface area contributed by atoms with Crippen LogP contribution in [0, 0.1) is 22.9 Å². The second kappa shape index (κ2) is 8.86. The first-order valence-electron chi connectivity index (χ1n) is 8.16. The minimum atomic E-state index is -0.506. The molecule has 142 valence electrons. The summed E-state index contributed by atoms with van der Waals surface area (Å²) in [7, 11) is 1.67. The lowest BCUT2D eigenvalue weighted by molar-refractivity contribution is -0.862. The molecule has 0 spiro atoms. The molecule has 2 aromatic carbocycles. The van der Waals surface area contributed by atoms with Crippen LogP contribution < -0.4 is 15.5 Å². The fourth-order valence-electron chi connectivity index (χ4n) is 2.48. The molecule has 0 aliphatic carbocycles. The maximum atomic E-state index is 13.1. The normalized spacial score (nSPS) is 11.5. The van der Waals surface area contributed by atoms with E-state index in [1.54, 1.807) is 20.0 Å². The number of carbonyl (C=O) groups excluding carboxylic acids is 2. The first-order chi connectivity index (χ1) is 12.7. The highest BCUT2D eigenvalue weighted by atomic mass is 19.1. The van der Waals surface area contributed by atoms with Gasteiger partial charge in [0, 0.05) is 23.5 Å². The van der Waals surface area contributed by atoms with E-state index in [4.69, 9.17) is 0 Å². The highest BCUT2D eigenvalue weighted by Crippen LogP contribution is 2.20. The number of aryl methyl sites for hydroxylation is 1. The molecule has 0 radical (unpaired) electrons. The van der Waals surface area contributed by atoms with Gasteiger partial charge in [-0.2, -0.15) is 0 Å². The zero-order valence-corrected chi connectivity index (χ0v) is 14.9. The number of nitro benzene ring substituents is 1. The van der Waals surface area contributed by atoms with Crippen LogP contribution in [0.25, 0.3) is 0 Å². The van der Waals surface area contributed by atoms with Crippen molar-refractivity contribution in [2.24, 2.45) is 0 Å². The number of carbonyl (C=O) groups is 2. The number of nitrogens with one attached hydrogen (secondary N) is 3. The summed E-state index contributed by atoms with van der Waals surface area (Å²) < 4.78 is 13.1. The van der Waals surface area contributed by atoms with E-state index >= 15 is 0 Å². The van der Waals surface area contributed by atoms with E-state index in [-0.39, 0.29) is 30.6 Å². The number of benzene rings is 2. The molecule has 0 bridgehead atoms. The molecule has 0 fully saturated rings. The van der Waals surface area contributed by atoms with Gasteiger partial charge in [0.1, 0.15) is 5.82 Å². The van der Waals surface area contributed by atoms with Crippen molar-refractivity contribution in [3.8, 4) is 0 Å². The highest BCUT2D eigenvalue weighted by Gasteiger charge is 2.16. The maximum Gasteiger partial charge on any atom is 0.279 e. The molecule has 27 heavy (non-hydrogen) atoms. The Morgan fingerprint density at radius 1 is 1.11 bits per heavy atom. The Bertz CT molecular complexity index is 872. The average Bonchev–Trinajstić information content (AvgIpc) is 2.56. The molecular formula is C18H20FN4O4+. The van der Waals surface area contributed by atoms with Crippen LogP contribution in [0.2, 0.25) is 0 Å². The van der Waals surface area contributed by atoms with Gasteiger partial charge in [-0.3, -0.25) is 19.7 Å². The van der Waals surface area contributed by atoms with Gasteiger partial charge in [-0.25, -0.2) is 4.39 Å². The lowest BCUT2D eigenvalue weighted by atomic mass is 10.2. The third kappa shape index (κ3) is 6.15. The van der Waals surface area contributed by atoms with Gasteiger partial charge in [-0.1, -0.05) is 6.07 Å². The third-order valence-electron chi connectivity index (χ3n) is 3.73. The first kappa shape index (κ1) is 20.0. The number of likely N-dealkylation sites (N-methyl/N-ethyl adjacent to an activating group) is 1. The molecule has 2 aromatic rings. The minimum Gasteiger partial charge on any atom is -0.322 e. The minimum absolute atomic E-state index is 0.0170. The van der Waals surface area contributed by atoms with Crippen LogP contribution in [0.3, 0.4) is 0 Å². The van der Waals surface area contributed by atoms with Crippen molar-refractivity contribution < 1.29 is 23.8 Å². The van der Waals surface area contributed by atoms with E-state index < -0.39 is 10.7 Å². The van der Waals surface area contributed by atoms with Crippen molar-refractivity contribution in [1.29, 1.82) is 0 Å². The van der Waals surface area contributed by atoms with Gasteiger partial charge in [0.15, 0.2) is 13.1 Å². The van der Waals surface area contributed by atoms with Gasteiger partial charge in [0.05, 0.1) is 12.0 Å². The summed E-state index contributed by atoms with van der Waals surface area (Å²) in [4.78, 5) is 35.0. The third-order valence-corrected chi connectivity index (χ3v) is 3.73. The van der Waals surface area contributed by atoms with Crippen LogP contribution in [-0.4, -0.2) is 36.9 Å². The fraction of sp³-hybridized carbons (Fsp3) is 0.222. The van der Waals surface area contributed by atoms with Crippen molar-refractivity contribution in [3.05, 3.63) is 64.0 Å². The average molecular weight is 375 g/mol. The lowest BCUT2D eigenvalue weighted by Crippen LogP contribution is -3.11. The van der Waals surface area contributed by atoms with Crippen molar-refractivity contribution in [1.82, 2.24) is 0 Å². The molecule has 1 atom stereocenters. The number of halogens is 1. The van der Waals surface area contributed by atoms with Crippen LogP contribution in [-0.2, 0) is 9.59 Å². The second-order valence-electron chi connectivity index (χ2n) is 6.17. The number of nitro groups is 1. The molecule has 1 unspecified atom stereocenters. The van der Waals surface area contributed by atoms with Crippen LogP contribution in [0.5, 0.6) is 0 Å². The topological polar surface area (TPSA) is 106 Å². The van der Waals surface area contributed by atoms with E-state index in [1.165, 1.54) is 36.4 Å². The molecule has 2 amide bonds. The highest BCUT2D eigenvalue weighted by molar-refractivity contribution is 5.93. The number of non-ortho nitro benzene ring substituents is 1. The molecular weight excluding hydrogens is 355 g/mol. The Hall–Kier alpha value is -3.33. The first-order valence-corrected chi connectivity index (χ1v) is 8.16. The van der Waals surface area contributed by atoms with E-state index in [1.807, 2.05) is 0 Å². The number of quaternary nitrogens is 1. The van der Waals surface area contributed by atoms with E-state index in [9.17, 15) is 24.1 Å². The number of nitrogens with zero attached hydrogens (tertiary/aromatic N) is 1. The van der Waals surface area contributed by atoms with Crippen molar-refractivity contribution in [2.45, 2.75) is 6.92 Å². The molecule has 0 aliphatic heterocycles. The van der Waals surface area contributed by atoms with Gasteiger partial charge in [0.25, 0.3) is 17.5 Å². The van der Waals surface area contributed by atoms with Crippen LogP contribution in [0.4, 0.5) is 21.5 Å². The Labute approximate surface area is 155 Å². The molecule has 0 saturated heterocycles. The SMILES string of the molecule is Cc1cc([N+](=O)[O-])ccc1NC(=O)C[NH+](C)CC(=O)Nc1cccc(F)c1.